The Kier molecular flexibility index (Phi) is 22.3. The highest BCUT2D eigenvalue weighted by atomic mass is 16.4. The number of benzene rings is 2. The number of amides is 2. The molecular weight excluding hydrogens is 580 g/mol. The minimum absolute atomic E-state index is 0.276. The number of hydrazine groups is 2. The van der Waals surface area contributed by atoms with Crippen molar-refractivity contribution in [2.75, 3.05) is 0 Å². The zero-order valence-electron chi connectivity index (χ0n) is 24.1. The van der Waals surface area contributed by atoms with Crippen molar-refractivity contribution in [2.24, 2.45) is 11.7 Å². The van der Waals surface area contributed by atoms with Crippen LogP contribution in [0.3, 0.4) is 0 Å². The molecule has 0 fully saturated rings. The van der Waals surface area contributed by atoms with E-state index in [-0.39, 0.29) is 12.8 Å². The molecule has 0 radical (unpaired) electrons. The first kappa shape index (κ1) is 38.6. The Morgan fingerprint density at radius 1 is 0.568 bits per heavy atom. The maximum Gasteiger partial charge on any atom is 0.418 e. The van der Waals surface area contributed by atoms with Gasteiger partial charge in [-0.25, -0.2) is 21.3 Å². The van der Waals surface area contributed by atoms with Gasteiger partial charge in [-0.3, -0.25) is 30.6 Å². The van der Waals surface area contributed by atoms with E-state index in [4.69, 9.17) is 30.0 Å². The van der Waals surface area contributed by atoms with Crippen LogP contribution in [0.1, 0.15) is 64.2 Å². The summed E-state index contributed by atoms with van der Waals surface area (Å²) < 4.78 is 0. The van der Waals surface area contributed by atoms with Gasteiger partial charge in [-0.2, -0.15) is 0 Å². The molecule has 0 aliphatic carbocycles. The van der Waals surface area contributed by atoms with Crippen molar-refractivity contribution in [3.8, 4) is 0 Å². The third-order valence-corrected chi connectivity index (χ3v) is 5.24. The van der Waals surface area contributed by atoms with Crippen molar-refractivity contribution in [2.45, 2.75) is 64.2 Å². The largest absolute Gasteiger partial charge is 0.481 e. The second-order valence-electron chi connectivity index (χ2n) is 8.67. The zero-order valence-corrected chi connectivity index (χ0v) is 24.1. The number of carbonyl (C=O) groups is 4. The number of nitrogens with one attached hydrogen (secondary N) is 4. The van der Waals surface area contributed by atoms with Gasteiger partial charge in [0.1, 0.15) is 11.0 Å². The quantitative estimate of drug-likeness (QED) is 0.0498. The van der Waals surface area contributed by atoms with Crippen LogP contribution in [0.25, 0.3) is 22.1 Å². The molecule has 2 amide bonds. The monoisotopic (exact) mass is 620 g/mol. The number of para-hydroxylation sites is 2. The van der Waals surface area contributed by atoms with Crippen LogP contribution in [0, 0.1) is 0 Å². The molecule has 12 N–H and O–H groups in total. The minimum atomic E-state index is -1.22. The number of hydrogen-bond acceptors (Lipinski definition) is 10. The minimum Gasteiger partial charge on any atom is -0.481 e. The SMILES string of the molecule is NNC(=O)O.NNC(=O)O.O=C(O)CCCCCCCCCCC(=O)O.c1ccc2[nH]nnc2c1.c1ccc2[nH]nnc2c1. The van der Waals surface area contributed by atoms with Gasteiger partial charge in [0.2, 0.25) is 0 Å². The van der Waals surface area contributed by atoms with Gasteiger partial charge in [-0.15, -0.1) is 10.2 Å². The van der Waals surface area contributed by atoms with Gasteiger partial charge < -0.3 is 20.4 Å². The maximum absolute atomic E-state index is 10.2. The number of aromatic amines is 2. The number of rotatable bonds is 11. The van der Waals surface area contributed by atoms with Gasteiger partial charge in [0, 0.05) is 12.8 Å². The Morgan fingerprint density at radius 3 is 1.14 bits per heavy atom. The van der Waals surface area contributed by atoms with Crippen molar-refractivity contribution >= 4 is 46.2 Å². The highest BCUT2D eigenvalue weighted by Crippen LogP contribution is 2.10. The molecule has 0 saturated heterocycles. The van der Waals surface area contributed by atoms with Crippen molar-refractivity contribution in [1.82, 2.24) is 41.7 Å². The molecule has 242 valence electrons. The van der Waals surface area contributed by atoms with Gasteiger partial charge >= 0.3 is 24.1 Å². The van der Waals surface area contributed by atoms with Crippen LogP contribution in [0.5, 0.6) is 0 Å². The number of aliphatic carboxylic acids is 2. The fourth-order valence-electron chi connectivity index (χ4n) is 3.19. The Morgan fingerprint density at radius 2 is 0.864 bits per heavy atom. The molecule has 2 aromatic carbocycles. The average molecular weight is 621 g/mol. The fourth-order valence-corrected chi connectivity index (χ4v) is 3.19. The molecule has 0 spiro atoms. The standard InChI is InChI=1S/C12H22O4.2C6H5N3.2CH4N2O2/c13-11(14)9-7-5-3-1-2-4-6-8-10-12(15)16;2*1-2-4-6-5(3-1)7-9-8-6;2*2-3-1(4)5/h1-10H2,(H,13,14)(H,15,16);2*1-4H,(H,7,8,9);2*3H,2H2,(H,4,5). The Labute approximate surface area is 252 Å². The smallest absolute Gasteiger partial charge is 0.418 e. The summed E-state index contributed by atoms with van der Waals surface area (Å²) in [4.78, 5) is 38.7. The van der Waals surface area contributed by atoms with Crippen LogP contribution in [0.15, 0.2) is 48.5 Å². The summed E-state index contributed by atoms with van der Waals surface area (Å²) >= 11 is 0. The molecule has 18 heteroatoms. The van der Waals surface area contributed by atoms with Gasteiger partial charge in [0.05, 0.1) is 11.0 Å². The number of nitrogens with zero attached hydrogens (tertiary/aromatic N) is 4. The van der Waals surface area contributed by atoms with E-state index in [1.54, 1.807) is 0 Å². The van der Waals surface area contributed by atoms with Crippen LogP contribution < -0.4 is 22.5 Å². The van der Waals surface area contributed by atoms with Crippen LogP contribution in [0.4, 0.5) is 9.59 Å². The Balaban J connectivity index is 0.000000564. The average Bonchev–Trinajstić information content (AvgIpc) is 3.69. The van der Waals surface area contributed by atoms with E-state index >= 15 is 0 Å². The van der Waals surface area contributed by atoms with Crippen LogP contribution in [-0.2, 0) is 9.59 Å². The lowest BCUT2D eigenvalue weighted by molar-refractivity contribution is -0.138. The number of hydrogen-bond donors (Lipinski definition) is 10. The molecule has 0 saturated carbocycles. The predicted molar refractivity (Wildman–Crippen MR) is 160 cm³/mol. The molecule has 0 atom stereocenters. The lowest BCUT2D eigenvalue weighted by Gasteiger charge is -2.00. The first-order valence-electron chi connectivity index (χ1n) is 13.4. The van der Waals surface area contributed by atoms with E-state index in [1.807, 2.05) is 48.5 Å². The number of unbranched alkanes of at least 4 members (excludes halogenated alkanes) is 7. The van der Waals surface area contributed by atoms with E-state index in [1.165, 1.54) is 10.9 Å². The number of nitrogens with two attached hydrogens (primary N) is 2. The van der Waals surface area contributed by atoms with E-state index in [0.29, 0.717) is 0 Å². The summed E-state index contributed by atoms with van der Waals surface area (Å²) in [6, 6.07) is 15.5. The first-order valence-corrected chi connectivity index (χ1v) is 13.4. The van der Waals surface area contributed by atoms with Crippen molar-refractivity contribution < 1.29 is 39.6 Å². The topological polar surface area (TPSA) is 308 Å². The second kappa shape index (κ2) is 25.4. The fraction of sp³-hybridized carbons (Fsp3) is 0.385. The molecule has 4 rings (SSSR count). The summed E-state index contributed by atoms with van der Waals surface area (Å²) in [6.07, 6.45) is 6.08. The molecule has 0 aliphatic rings. The van der Waals surface area contributed by atoms with Crippen LogP contribution in [0.2, 0.25) is 0 Å². The number of carboxylic acid groups (broad SMARTS) is 4. The third kappa shape index (κ3) is 22.3. The molecule has 2 aromatic heterocycles. The number of carboxylic acids is 2. The molecule has 2 heterocycles. The third-order valence-electron chi connectivity index (χ3n) is 5.24. The maximum atomic E-state index is 10.2. The van der Waals surface area contributed by atoms with E-state index < -0.39 is 24.1 Å². The van der Waals surface area contributed by atoms with Crippen molar-refractivity contribution in [1.29, 1.82) is 0 Å². The van der Waals surface area contributed by atoms with Crippen molar-refractivity contribution in [3.05, 3.63) is 48.5 Å². The van der Waals surface area contributed by atoms with Crippen LogP contribution >= 0.6 is 0 Å². The molecule has 18 nitrogen and oxygen atoms in total. The molecule has 0 unspecified atom stereocenters. The molecule has 44 heavy (non-hydrogen) atoms. The predicted octanol–water partition coefficient (Wildman–Crippen LogP) is 3.23. The molecular formula is C26H40N10O8. The number of aromatic nitrogens is 6. The second-order valence-corrected chi connectivity index (χ2v) is 8.67. The molecule has 0 bridgehead atoms. The highest BCUT2D eigenvalue weighted by Gasteiger charge is 1.98. The number of H-pyrrole nitrogens is 2. The summed E-state index contributed by atoms with van der Waals surface area (Å²) in [5.74, 6) is 7.22. The van der Waals surface area contributed by atoms with Gasteiger partial charge in [0.25, 0.3) is 0 Å². The summed E-state index contributed by atoms with van der Waals surface area (Å²) in [5.41, 5.74) is 6.69. The normalized spacial score (nSPS) is 9.41. The summed E-state index contributed by atoms with van der Waals surface area (Å²) in [5, 5.41) is 52.2. The van der Waals surface area contributed by atoms with E-state index in [2.05, 4.69) is 42.5 Å². The van der Waals surface area contributed by atoms with Gasteiger partial charge in [-0.05, 0) is 37.1 Å². The summed E-state index contributed by atoms with van der Waals surface area (Å²) in [6.45, 7) is 0. The highest BCUT2D eigenvalue weighted by molar-refractivity contribution is 5.73. The first-order chi connectivity index (χ1) is 21.1. The van der Waals surface area contributed by atoms with E-state index in [9.17, 15) is 9.59 Å². The molecule has 0 aliphatic heterocycles. The molecule has 4 aromatic rings. The lowest BCUT2D eigenvalue weighted by Crippen LogP contribution is -2.27. The van der Waals surface area contributed by atoms with Gasteiger partial charge in [0.15, 0.2) is 0 Å². The lowest BCUT2D eigenvalue weighted by atomic mass is 10.1. The van der Waals surface area contributed by atoms with Crippen LogP contribution in [-0.4, -0.2) is 75.4 Å². The van der Waals surface area contributed by atoms with Crippen molar-refractivity contribution in [3.63, 3.8) is 0 Å². The van der Waals surface area contributed by atoms with E-state index in [0.717, 1.165) is 73.4 Å². The summed E-state index contributed by atoms with van der Waals surface area (Å²) in [7, 11) is 0. The Hall–Kier alpha value is -5.36. The van der Waals surface area contributed by atoms with Gasteiger partial charge in [-0.1, -0.05) is 73.2 Å². The zero-order chi connectivity index (χ0) is 33.0. The Bertz CT molecular complexity index is 1190. The number of fused-ring (bicyclic) bond motifs is 2.